The molecule has 6 heteroatoms. The highest BCUT2D eigenvalue weighted by atomic mass is 32.2. The summed E-state index contributed by atoms with van der Waals surface area (Å²) in [5.74, 6) is 0. The summed E-state index contributed by atoms with van der Waals surface area (Å²) >= 11 is 0. The lowest BCUT2D eigenvalue weighted by Crippen LogP contribution is -2.31. The maximum absolute atomic E-state index is 12.8. The van der Waals surface area contributed by atoms with Crippen molar-refractivity contribution in [2.45, 2.75) is 18.7 Å². The van der Waals surface area contributed by atoms with E-state index in [1.807, 2.05) is 19.1 Å². The topological polar surface area (TPSA) is 85.0 Å². The standard InChI is InChI=1S/C17H15N3O2S/c1-3-20(17-9-6-14(11-18)10-15(17)12-19)23(21,22)16-7-4-13(2)5-8-16/h4-10H,3H2,1-2H3. The van der Waals surface area contributed by atoms with Gasteiger partial charge in [0.15, 0.2) is 0 Å². The van der Waals surface area contributed by atoms with Gasteiger partial charge < -0.3 is 0 Å². The predicted octanol–water partition coefficient (Wildman–Crippen LogP) is 2.95. The number of hydrogen-bond acceptors (Lipinski definition) is 4. The molecule has 0 fully saturated rings. The van der Waals surface area contributed by atoms with E-state index in [0.29, 0.717) is 5.56 Å². The van der Waals surface area contributed by atoms with Gasteiger partial charge in [0, 0.05) is 6.54 Å². The van der Waals surface area contributed by atoms with Crippen LogP contribution in [0.3, 0.4) is 0 Å². The zero-order valence-corrected chi connectivity index (χ0v) is 13.6. The Morgan fingerprint density at radius 1 is 1.04 bits per heavy atom. The van der Waals surface area contributed by atoms with Gasteiger partial charge in [-0.15, -0.1) is 0 Å². The van der Waals surface area contributed by atoms with Crippen LogP contribution in [0.4, 0.5) is 5.69 Å². The molecule has 0 atom stereocenters. The fourth-order valence-corrected chi connectivity index (χ4v) is 3.71. The zero-order chi connectivity index (χ0) is 17.0. The van der Waals surface area contributed by atoms with Crippen LogP contribution in [0.5, 0.6) is 0 Å². The molecule has 0 saturated carbocycles. The van der Waals surface area contributed by atoms with E-state index >= 15 is 0 Å². The second-order valence-corrected chi connectivity index (χ2v) is 6.80. The van der Waals surface area contributed by atoms with E-state index < -0.39 is 10.0 Å². The molecule has 2 aromatic carbocycles. The zero-order valence-electron chi connectivity index (χ0n) is 12.8. The lowest BCUT2D eigenvalue weighted by molar-refractivity contribution is 0.592. The Morgan fingerprint density at radius 2 is 1.70 bits per heavy atom. The average Bonchev–Trinajstić information content (AvgIpc) is 2.56. The second-order valence-electron chi connectivity index (χ2n) is 4.94. The predicted molar refractivity (Wildman–Crippen MR) is 87.3 cm³/mol. The lowest BCUT2D eigenvalue weighted by Gasteiger charge is -2.24. The molecule has 0 amide bonds. The van der Waals surface area contributed by atoms with Crippen LogP contribution < -0.4 is 4.31 Å². The minimum absolute atomic E-state index is 0.154. The smallest absolute Gasteiger partial charge is 0.264 e. The van der Waals surface area contributed by atoms with E-state index in [-0.39, 0.29) is 22.7 Å². The van der Waals surface area contributed by atoms with Gasteiger partial charge in [0.05, 0.1) is 27.8 Å². The average molecular weight is 325 g/mol. The molecule has 0 aliphatic carbocycles. The largest absolute Gasteiger partial charge is 0.265 e. The van der Waals surface area contributed by atoms with Gasteiger partial charge in [-0.3, -0.25) is 4.31 Å². The molecule has 0 aliphatic rings. The Kier molecular flexibility index (Phi) is 4.68. The Hall–Kier alpha value is -2.83. The number of nitriles is 2. The molecule has 0 N–H and O–H groups in total. The van der Waals surface area contributed by atoms with Crippen LogP contribution in [-0.4, -0.2) is 15.0 Å². The molecule has 0 aromatic heterocycles. The monoisotopic (exact) mass is 325 g/mol. The van der Waals surface area contributed by atoms with Crippen molar-refractivity contribution in [3.63, 3.8) is 0 Å². The fraction of sp³-hybridized carbons (Fsp3) is 0.176. The van der Waals surface area contributed by atoms with Gasteiger partial charge in [0.2, 0.25) is 0 Å². The van der Waals surface area contributed by atoms with Crippen molar-refractivity contribution in [2.75, 3.05) is 10.8 Å². The highest BCUT2D eigenvalue weighted by Gasteiger charge is 2.25. The summed E-state index contributed by atoms with van der Waals surface area (Å²) in [6.07, 6.45) is 0. The summed E-state index contributed by atoms with van der Waals surface area (Å²) in [5.41, 5.74) is 1.70. The molecule has 0 unspecified atom stereocenters. The second kappa shape index (κ2) is 6.51. The molecule has 0 radical (unpaired) electrons. The van der Waals surface area contributed by atoms with Crippen molar-refractivity contribution < 1.29 is 8.42 Å². The van der Waals surface area contributed by atoms with E-state index in [0.717, 1.165) is 5.56 Å². The highest BCUT2D eigenvalue weighted by Crippen LogP contribution is 2.27. The number of aryl methyl sites for hydroxylation is 1. The van der Waals surface area contributed by atoms with Gasteiger partial charge in [-0.25, -0.2) is 8.42 Å². The molecule has 2 aromatic rings. The molecular formula is C17H15N3O2S. The van der Waals surface area contributed by atoms with Crippen LogP contribution >= 0.6 is 0 Å². The first kappa shape index (κ1) is 16.5. The molecule has 0 saturated heterocycles. The fourth-order valence-electron chi connectivity index (χ4n) is 2.22. The van der Waals surface area contributed by atoms with Crippen molar-refractivity contribution in [2.24, 2.45) is 0 Å². The first-order valence-corrected chi connectivity index (χ1v) is 8.41. The van der Waals surface area contributed by atoms with Crippen molar-refractivity contribution in [1.82, 2.24) is 0 Å². The first-order chi connectivity index (χ1) is 10.9. The van der Waals surface area contributed by atoms with E-state index in [4.69, 9.17) is 5.26 Å². The van der Waals surface area contributed by atoms with Gasteiger partial charge in [0.1, 0.15) is 6.07 Å². The van der Waals surface area contributed by atoms with Crippen LogP contribution in [0, 0.1) is 29.6 Å². The van der Waals surface area contributed by atoms with E-state index in [1.165, 1.54) is 22.5 Å². The third kappa shape index (κ3) is 3.18. The van der Waals surface area contributed by atoms with Gasteiger partial charge in [-0.05, 0) is 44.2 Å². The lowest BCUT2D eigenvalue weighted by atomic mass is 10.1. The number of nitrogens with zero attached hydrogens (tertiary/aromatic N) is 3. The molecule has 0 bridgehead atoms. The summed E-state index contributed by atoms with van der Waals surface area (Å²) in [6.45, 7) is 3.75. The van der Waals surface area contributed by atoms with E-state index in [9.17, 15) is 13.7 Å². The van der Waals surface area contributed by atoms with Crippen molar-refractivity contribution >= 4 is 15.7 Å². The normalized spacial score (nSPS) is 10.6. The third-order valence-electron chi connectivity index (χ3n) is 3.41. The maximum atomic E-state index is 12.8. The van der Waals surface area contributed by atoms with Gasteiger partial charge in [-0.2, -0.15) is 10.5 Å². The SMILES string of the molecule is CCN(c1ccc(C#N)cc1C#N)S(=O)(=O)c1ccc(C)cc1. The Balaban J connectivity index is 2.58. The summed E-state index contributed by atoms with van der Waals surface area (Å²) in [6, 6.07) is 14.8. The molecular weight excluding hydrogens is 310 g/mol. The minimum Gasteiger partial charge on any atom is -0.265 e. The molecule has 0 heterocycles. The van der Waals surface area contributed by atoms with Gasteiger partial charge in [-0.1, -0.05) is 17.7 Å². The highest BCUT2D eigenvalue weighted by molar-refractivity contribution is 7.92. The van der Waals surface area contributed by atoms with Crippen LogP contribution in [0.2, 0.25) is 0 Å². The van der Waals surface area contributed by atoms with E-state index in [1.54, 1.807) is 31.2 Å². The number of sulfonamides is 1. The molecule has 116 valence electrons. The van der Waals surface area contributed by atoms with Crippen molar-refractivity contribution in [3.8, 4) is 12.1 Å². The number of benzene rings is 2. The quantitative estimate of drug-likeness (QED) is 0.865. The first-order valence-electron chi connectivity index (χ1n) is 6.97. The molecule has 0 spiro atoms. The Bertz CT molecular complexity index is 904. The number of anilines is 1. The summed E-state index contributed by atoms with van der Waals surface area (Å²) in [7, 11) is -3.77. The van der Waals surface area contributed by atoms with Crippen LogP contribution in [0.1, 0.15) is 23.6 Å². The molecule has 23 heavy (non-hydrogen) atoms. The Morgan fingerprint density at radius 3 is 2.22 bits per heavy atom. The Labute approximate surface area is 136 Å². The minimum atomic E-state index is -3.77. The van der Waals surface area contributed by atoms with Gasteiger partial charge in [0.25, 0.3) is 10.0 Å². The van der Waals surface area contributed by atoms with Crippen LogP contribution in [0.25, 0.3) is 0 Å². The molecule has 2 rings (SSSR count). The number of rotatable bonds is 4. The number of hydrogen-bond donors (Lipinski definition) is 0. The summed E-state index contributed by atoms with van der Waals surface area (Å²) < 4.78 is 26.9. The summed E-state index contributed by atoms with van der Waals surface area (Å²) in [4.78, 5) is 0.165. The van der Waals surface area contributed by atoms with Crippen LogP contribution in [-0.2, 0) is 10.0 Å². The summed E-state index contributed by atoms with van der Waals surface area (Å²) in [5, 5.41) is 18.2. The van der Waals surface area contributed by atoms with E-state index in [2.05, 4.69) is 0 Å². The third-order valence-corrected chi connectivity index (χ3v) is 5.31. The maximum Gasteiger partial charge on any atom is 0.264 e. The molecule has 0 aliphatic heterocycles. The van der Waals surface area contributed by atoms with Crippen molar-refractivity contribution in [1.29, 1.82) is 10.5 Å². The van der Waals surface area contributed by atoms with Crippen molar-refractivity contribution in [3.05, 3.63) is 59.2 Å². The molecule has 5 nitrogen and oxygen atoms in total. The van der Waals surface area contributed by atoms with Gasteiger partial charge >= 0.3 is 0 Å². The van der Waals surface area contributed by atoms with Crippen LogP contribution in [0.15, 0.2) is 47.4 Å².